The van der Waals surface area contributed by atoms with Gasteiger partial charge in [-0.3, -0.25) is 4.79 Å². The highest BCUT2D eigenvalue weighted by molar-refractivity contribution is 5.76. The molecule has 0 atom stereocenters. The normalized spacial score (nSPS) is 20.9. The zero-order chi connectivity index (χ0) is 15.9. The van der Waals surface area contributed by atoms with Crippen molar-refractivity contribution in [3.8, 4) is 0 Å². The van der Waals surface area contributed by atoms with E-state index in [1.807, 2.05) is 9.80 Å². The van der Waals surface area contributed by atoms with Gasteiger partial charge in [-0.05, 0) is 32.1 Å². The summed E-state index contributed by atoms with van der Waals surface area (Å²) in [5, 5.41) is 0. The summed E-state index contributed by atoms with van der Waals surface area (Å²) in [4.78, 5) is 27.9. The van der Waals surface area contributed by atoms with Crippen LogP contribution in [0.2, 0.25) is 0 Å². The van der Waals surface area contributed by atoms with Gasteiger partial charge < -0.3 is 15.5 Å². The Hall–Kier alpha value is -1.26. The summed E-state index contributed by atoms with van der Waals surface area (Å²) >= 11 is 0. The minimum atomic E-state index is -0.275. The number of nitrogens with two attached hydrogens (primary N) is 1. The van der Waals surface area contributed by atoms with Crippen LogP contribution in [0.25, 0.3) is 0 Å². The van der Waals surface area contributed by atoms with Crippen molar-refractivity contribution in [2.24, 2.45) is 5.73 Å². The molecule has 0 aromatic carbocycles. The fraction of sp³-hybridized carbons (Fsp3) is 0.882. The van der Waals surface area contributed by atoms with Crippen molar-refractivity contribution >= 4 is 11.9 Å². The molecular formula is C17H31N3O2. The molecule has 1 aliphatic heterocycles. The van der Waals surface area contributed by atoms with E-state index in [9.17, 15) is 9.59 Å². The average molecular weight is 309 g/mol. The Morgan fingerprint density at radius 3 is 2.18 bits per heavy atom. The number of rotatable bonds is 5. The minimum Gasteiger partial charge on any atom is -0.351 e. The first-order chi connectivity index (χ1) is 10.6. The molecule has 3 amide bonds. The zero-order valence-electron chi connectivity index (χ0n) is 13.9. The second kappa shape index (κ2) is 8.39. The fourth-order valence-corrected chi connectivity index (χ4v) is 3.90. The number of piperidine rings is 1. The molecule has 5 nitrogen and oxygen atoms in total. The first-order valence-corrected chi connectivity index (χ1v) is 8.99. The first kappa shape index (κ1) is 17.1. The summed E-state index contributed by atoms with van der Waals surface area (Å²) in [6, 6.07) is 0.261. The van der Waals surface area contributed by atoms with Crippen LogP contribution in [0.4, 0.5) is 4.79 Å². The molecule has 0 aromatic heterocycles. The molecule has 2 N–H and O–H groups in total. The zero-order valence-corrected chi connectivity index (χ0v) is 13.9. The Labute approximate surface area is 134 Å². The monoisotopic (exact) mass is 309 g/mol. The second-order valence-corrected chi connectivity index (χ2v) is 6.75. The Morgan fingerprint density at radius 2 is 1.64 bits per heavy atom. The molecule has 126 valence electrons. The maximum Gasteiger partial charge on any atom is 0.315 e. The number of hydrogen-bond acceptors (Lipinski definition) is 2. The second-order valence-electron chi connectivity index (χ2n) is 6.75. The van der Waals surface area contributed by atoms with Gasteiger partial charge in [0, 0.05) is 31.6 Å². The van der Waals surface area contributed by atoms with E-state index < -0.39 is 0 Å². The Balaban J connectivity index is 1.87. The van der Waals surface area contributed by atoms with Gasteiger partial charge in [0.25, 0.3) is 0 Å². The molecule has 0 unspecified atom stereocenters. The maximum absolute atomic E-state index is 12.1. The Kier molecular flexibility index (Phi) is 6.52. The smallest absolute Gasteiger partial charge is 0.315 e. The quantitative estimate of drug-likeness (QED) is 0.848. The minimum absolute atomic E-state index is 0.218. The highest BCUT2D eigenvalue weighted by atomic mass is 16.2. The molecule has 1 saturated heterocycles. The standard InChI is InChI=1S/C17H31N3O2/c1-2-3-9-16(21)19-12-10-15(11-13-19)20(17(18)22)14-7-5-4-6-8-14/h14-15H,2-13H2,1H3,(H2,18,22). The summed E-state index contributed by atoms with van der Waals surface area (Å²) in [5.41, 5.74) is 5.67. The summed E-state index contributed by atoms with van der Waals surface area (Å²) in [7, 11) is 0. The third kappa shape index (κ3) is 4.37. The molecule has 5 heteroatoms. The number of carbonyl (C=O) groups excluding carboxylic acids is 2. The van der Waals surface area contributed by atoms with Gasteiger partial charge >= 0.3 is 6.03 Å². The number of carbonyl (C=O) groups is 2. The Bertz CT molecular complexity index is 372. The van der Waals surface area contributed by atoms with Gasteiger partial charge in [-0.1, -0.05) is 32.6 Å². The third-order valence-electron chi connectivity index (χ3n) is 5.18. The lowest BCUT2D eigenvalue weighted by atomic mass is 9.91. The molecule has 2 fully saturated rings. The van der Waals surface area contributed by atoms with Crippen molar-refractivity contribution in [1.29, 1.82) is 0 Å². The van der Waals surface area contributed by atoms with Crippen molar-refractivity contribution in [1.82, 2.24) is 9.80 Å². The Morgan fingerprint density at radius 1 is 1.05 bits per heavy atom. The number of amides is 3. The number of nitrogens with zero attached hydrogens (tertiary/aromatic N) is 2. The van der Waals surface area contributed by atoms with E-state index in [0.29, 0.717) is 12.5 Å². The van der Waals surface area contributed by atoms with Gasteiger partial charge in [0.15, 0.2) is 0 Å². The summed E-state index contributed by atoms with van der Waals surface area (Å²) in [5.74, 6) is 0.267. The van der Waals surface area contributed by atoms with Gasteiger partial charge in [0.1, 0.15) is 0 Å². The number of primary amides is 1. The molecule has 2 rings (SSSR count). The van der Waals surface area contributed by atoms with Crippen LogP contribution in [0.15, 0.2) is 0 Å². The lowest BCUT2D eigenvalue weighted by Crippen LogP contribution is -2.54. The summed E-state index contributed by atoms with van der Waals surface area (Å²) < 4.78 is 0. The van der Waals surface area contributed by atoms with Gasteiger partial charge in [0.05, 0.1) is 0 Å². The number of likely N-dealkylation sites (tertiary alicyclic amines) is 1. The predicted molar refractivity (Wildman–Crippen MR) is 87.4 cm³/mol. The molecule has 0 radical (unpaired) electrons. The summed E-state index contributed by atoms with van der Waals surface area (Å²) in [6.07, 6.45) is 10.3. The lowest BCUT2D eigenvalue weighted by molar-refractivity contribution is -0.132. The van der Waals surface area contributed by atoms with Crippen molar-refractivity contribution in [3.63, 3.8) is 0 Å². The van der Waals surface area contributed by atoms with Crippen molar-refractivity contribution in [2.45, 2.75) is 83.2 Å². The van der Waals surface area contributed by atoms with Crippen LogP contribution >= 0.6 is 0 Å². The molecule has 0 aromatic rings. The van der Waals surface area contributed by atoms with Crippen LogP contribution in [-0.2, 0) is 4.79 Å². The van der Waals surface area contributed by atoms with Crippen LogP contribution in [0.1, 0.15) is 71.1 Å². The molecule has 0 bridgehead atoms. The van der Waals surface area contributed by atoms with Gasteiger partial charge in [-0.2, -0.15) is 0 Å². The van der Waals surface area contributed by atoms with E-state index in [2.05, 4.69) is 6.92 Å². The molecule has 0 spiro atoms. The first-order valence-electron chi connectivity index (χ1n) is 8.99. The molecule has 1 heterocycles. The molecule has 1 saturated carbocycles. The van der Waals surface area contributed by atoms with Crippen molar-refractivity contribution in [3.05, 3.63) is 0 Å². The van der Waals surface area contributed by atoms with E-state index in [-0.39, 0.29) is 18.0 Å². The highest BCUT2D eigenvalue weighted by Crippen LogP contribution is 2.27. The molecule has 1 aliphatic carbocycles. The van der Waals surface area contributed by atoms with E-state index in [4.69, 9.17) is 5.73 Å². The van der Waals surface area contributed by atoms with Crippen LogP contribution < -0.4 is 5.73 Å². The fourth-order valence-electron chi connectivity index (χ4n) is 3.90. The van der Waals surface area contributed by atoms with E-state index >= 15 is 0 Å². The number of urea groups is 1. The summed E-state index contributed by atoms with van der Waals surface area (Å²) in [6.45, 7) is 3.64. The molecular weight excluding hydrogens is 278 g/mol. The lowest BCUT2D eigenvalue weighted by Gasteiger charge is -2.42. The number of hydrogen-bond donors (Lipinski definition) is 1. The molecule has 22 heavy (non-hydrogen) atoms. The third-order valence-corrected chi connectivity index (χ3v) is 5.18. The van der Waals surface area contributed by atoms with Crippen LogP contribution in [0.3, 0.4) is 0 Å². The van der Waals surface area contributed by atoms with E-state index in [1.165, 1.54) is 19.3 Å². The van der Waals surface area contributed by atoms with Crippen molar-refractivity contribution in [2.75, 3.05) is 13.1 Å². The van der Waals surface area contributed by atoms with Crippen molar-refractivity contribution < 1.29 is 9.59 Å². The van der Waals surface area contributed by atoms with Crippen LogP contribution in [0, 0.1) is 0 Å². The maximum atomic E-state index is 12.1. The number of unbranched alkanes of at least 4 members (excludes halogenated alkanes) is 1. The van der Waals surface area contributed by atoms with E-state index in [0.717, 1.165) is 51.6 Å². The van der Waals surface area contributed by atoms with Gasteiger partial charge in [-0.25, -0.2) is 4.79 Å². The highest BCUT2D eigenvalue weighted by Gasteiger charge is 2.33. The van der Waals surface area contributed by atoms with Gasteiger partial charge in [-0.15, -0.1) is 0 Å². The van der Waals surface area contributed by atoms with Crippen LogP contribution in [0.5, 0.6) is 0 Å². The van der Waals surface area contributed by atoms with E-state index in [1.54, 1.807) is 0 Å². The SMILES string of the molecule is CCCCC(=O)N1CCC(N(C(N)=O)C2CCCCC2)CC1. The van der Waals surface area contributed by atoms with Crippen LogP contribution in [-0.4, -0.2) is 46.9 Å². The predicted octanol–water partition coefficient (Wildman–Crippen LogP) is 2.88. The molecule has 2 aliphatic rings. The topological polar surface area (TPSA) is 66.6 Å². The largest absolute Gasteiger partial charge is 0.351 e. The average Bonchev–Trinajstić information content (AvgIpc) is 2.54. The van der Waals surface area contributed by atoms with Gasteiger partial charge in [0.2, 0.25) is 5.91 Å².